The van der Waals surface area contributed by atoms with E-state index < -0.39 is 23.4 Å². The molecule has 0 saturated carbocycles. The maximum Gasteiger partial charge on any atom is 0.341 e. The quantitative estimate of drug-likeness (QED) is 0.382. The molecule has 10 heteroatoms. The van der Waals surface area contributed by atoms with Gasteiger partial charge in [0.2, 0.25) is 5.91 Å². The van der Waals surface area contributed by atoms with Crippen LogP contribution in [-0.2, 0) is 14.3 Å². The average Bonchev–Trinajstić information content (AvgIpc) is 2.63. The van der Waals surface area contributed by atoms with Gasteiger partial charge >= 0.3 is 5.97 Å². The number of nitrogens with zero attached hydrogens (tertiary/aromatic N) is 3. The highest BCUT2D eigenvalue weighted by molar-refractivity contribution is 5.98. The molecule has 0 aliphatic carbocycles. The van der Waals surface area contributed by atoms with Crippen molar-refractivity contribution in [1.29, 1.82) is 0 Å². The Hall–Kier alpha value is -3.17. The Bertz CT molecular complexity index is 719. The lowest BCUT2D eigenvalue weighted by molar-refractivity contribution is -0.384. The van der Waals surface area contributed by atoms with Gasteiger partial charge in [-0.3, -0.25) is 19.7 Å². The monoisotopic (exact) mass is 380 g/mol. The van der Waals surface area contributed by atoms with Crippen LogP contribution in [-0.4, -0.2) is 67.9 Å². The lowest BCUT2D eigenvalue weighted by atomic mass is 10.1. The van der Waals surface area contributed by atoms with Crippen LogP contribution in [0.25, 0.3) is 0 Å². The van der Waals surface area contributed by atoms with E-state index in [2.05, 4.69) is 5.32 Å². The van der Waals surface area contributed by atoms with Gasteiger partial charge in [-0.25, -0.2) is 4.79 Å². The summed E-state index contributed by atoms with van der Waals surface area (Å²) < 4.78 is 5.03. The van der Waals surface area contributed by atoms with Gasteiger partial charge in [-0.2, -0.15) is 0 Å². The molecule has 1 aromatic carbocycles. The molecule has 1 rings (SSSR count). The van der Waals surface area contributed by atoms with Crippen molar-refractivity contribution < 1.29 is 24.0 Å². The van der Waals surface area contributed by atoms with Crippen LogP contribution < -0.4 is 10.2 Å². The number of rotatable bonds is 9. The van der Waals surface area contributed by atoms with Gasteiger partial charge < -0.3 is 19.9 Å². The van der Waals surface area contributed by atoms with Crippen molar-refractivity contribution in [2.24, 2.45) is 0 Å². The van der Waals surface area contributed by atoms with Crippen LogP contribution in [0.4, 0.5) is 11.4 Å². The molecule has 27 heavy (non-hydrogen) atoms. The molecule has 0 aliphatic rings. The van der Waals surface area contributed by atoms with E-state index in [1.165, 1.54) is 17.0 Å². The van der Waals surface area contributed by atoms with E-state index in [9.17, 15) is 24.5 Å². The first-order valence-corrected chi connectivity index (χ1v) is 8.38. The minimum absolute atomic E-state index is 0.0197. The number of amides is 2. The summed E-state index contributed by atoms with van der Waals surface area (Å²) in [7, 11) is 3.35. The molecule has 0 fully saturated rings. The molecule has 0 aliphatic heterocycles. The Morgan fingerprint density at radius 3 is 2.41 bits per heavy atom. The second-order valence-corrected chi connectivity index (χ2v) is 5.79. The third-order valence-electron chi connectivity index (χ3n) is 3.66. The number of hydrogen-bond donors (Lipinski definition) is 1. The zero-order chi connectivity index (χ0) is 20.6. The van der Waals surface area contributed by atoms with E-state index in [-0.39, 0.29) is 30.2 Å². The van der Waals surface area contributed by atoms with E-state index in [0.717, 1.165) is 6.07 Å². The zero-order valence-corrected chi connectivity index (χ0v) is 15.9. The van der Waals surface area contributed by atoms with E-state index in [1.807, 2.05) is 0 Å². The largest absolute Gasteiger partial charge is 0.452 e. The highest BCUT2D eigenvalue weighted by Crippen LogP contribution is 2.24. The molecule has 0 heterocycles. The third kappa shape index (κ3) is 6.24. The summed E-state index contributed by atoms with van der Waals surface area (Å²) >= 11 is 0. The average molecular weight is 380 g/mol. The molecule has 0 aromatic heterocycles. The standard InChI is InChI=1S/C17H24N4O6/c1-5-18-15(22)10-20(6-2)16(23)11-27-17(24)13-9-12(21(25)26)7-8-14(13)19(3)4/h7-9H,5-6,10-11H2,1-4H3,(H,18,22). The number of likely N-dealkylation sites (N-methyl/N-ethyl adjacent to an activating group) is 2. The second kappa shape index (κ2) is 10.1. The number of hydrogen-bond acceptors (Lipinski definition) is 7. The predicted octanol–water partition coefficient (Wildman–Crippen LogP) is 0.802. The number of carbonyl (C=O) groups is 3. The molecule has 2 amide bonds. The summed E-state index contributed by atoms with van der Waals surface area (Å²) in [6, 6.07) is 3.82. The van der Waals surface area contributed by atoms with Gasteiger partial charge in [0.05, 0.1) is 22.7 Å². The van der Waals surface area contributed by atoms with E-state index in [4.69, 9.17) is 4.74 Å². The topological polar surface area (TPSA) is 122 Å². The summed E-state index contributed by atoms with van der Waals surface area (Å²) in [5.41, 5.74) is 0.145. The Morgan fingerprint density at radius 2 is 1.89 bits per heavy atom. The summed E-state index contributed by atoms with van der Waals surface area (Å²) in [5.74, 6) is -1.70. The van der Waals surface area contributed by atoms with Crippen molar-refractivity contribution in [1.82, 2.24) is 10.2 Å². The van der Waals surface area contributed by atoms with Gasteiger partial charge in [-0.15, -0.1) is 0 Å². The van der Waals surface area contributed by atoms with E-state index in [1.54, 1.807) is 32.8 Å². The highest BCUT2D eigenvalue weighted by atomic mass is 16.6. The van der Waals surface area contributed by atoms with Crippen LogP contribution in [0.15, 0.2) is 18.2 Å². The van der Waals surface area contributed by atoms with Gasteiger partial charge in [0, 0.05) is 39.3 Å². The van der Waals surface area contributed by atoms with E-state index in [0.29, 0.717) is 12.2 Å². The Kier molecular flexibility index (Phi) is 8.18. The minimum atomic E-state index is -0.857. The number of non-ortho nitro benzene ring substituents is 1. The van der Waals surface area contributed by atoms with Crippen LogP contribution in [0.5, 0.6) is 0 Å². The number of nitro benzene ring substituents is 1. The predicted molar refractivity (Wildman–Crippen MR) is 98.6 cm³/mol. The summed E-state index contributed by atoms with van der Waals surface area (Å²) in [6.07, 6.45) is 0. The first kappa shape index (κ1) is 21.9. The lowest BCUT2D eigenvalue weighted by Crippen LogP contribution is -2.42. The molecule has 0 bridgehead atoms. The second-order valence-electron chi connectivity index (χ2n) is 5.79. The number of nitrogens with one attached hydrogen (secondary N) is 1. The lowest BCUT2D eigenvalue weighted by Gasteiger charge is -2.20. The first-order valence-electron chi connectivity index (χ1n) is 8.38. The van der Waals surface area contributed by atoms with Crippen LogP contribution in [0.1, 0.15) is 24.2 Å². The smallest absolute Gasteiger partial charge is 0.341 e. The van der Waals surface area contributed by atoms with Crippen LogP contribution in [0, 0.1) is 10.1 Å². The normalized spacial score (nSPS) is 10.1. The number of esters is 1. The number of nitro groups is 1. The van der Waals surface area contributed by atoms with Crippen molar-refractivity contribution in [3.63, 3.8) is 0 Å². The van der Waals surface area contributed by atoms with Crippen LogP contribution >= 0.6 is 0 Å². The Labute approximate surface area is 157 Å². The van der Waals surface area contributed by atoms with Gasteiger partial charge in [-0.1, -0.05) is 0 Å². The molecule has 0 unspecified atom stereocenters. The Morgan fingerprint density at radius 1 is 1.22 bits per heavy atom. The molecule has 0 atom stereocenters. The molecular formula is C17H24N4O6. The minimum Gasteiger partial charge on any atom is -0.452 e. The number of carbonyl (C=O) groups excluding carboxylic acids is 3. The maximum absolute atomic E-state index is 12.4. The fourth-order valence-electron chi connectivity index (χ4n) is 2.29. The SMILES string of the molecule is CCNC(=O)CN(CC)C(=O)COC(=O)c1cc([N+](=O)[O-])ccc1N(C)C. The van der Waals surface area contributed by atoms with Crippen molar-refractivity contribution in [2.75, 3.05) is 45.2 Å². The maximum atomic E-state index is 12.4. The summed E-state index contributed by atoms with van der Waals surface area (Å²) in [5, 5.41) is 13.5. The van der Waals surface area contributed by atoms with Gasteiger partial charge in [0.15, 0.2) is 6.61 Å². The molecule has 0 radical (unpaired) electrons. The number of benzene rings is 1. The molecule has 1 N–H and O–H groups in total. The van der Waals surface area contributed by atoms with E-state index >= 15 is 0 Å². The van der Waals surface area contributed by atoms with Gasteiger partial charge in [0.25, 0.3) is 11.6 Å². The molecule has 0 saturated heterocycles. The fraction of sp³-hybridized carbons (Fsp3) is 0.471. The molecule has 148 valence electrons. The molecular weight excluding hydrogens is 356 g/mol. The number of ether oxygens (including phenoxy) is 1. The fourth-order valence-corrected chi connectivity index (χ4v) is 2.29. The van der Waals surface area contributed by atoms with Crippen molar-refractivity contribution in [3.05, 3.63) is 33.9 Å². The van der Waals surface area contributed by atoms with Crippen LogP contribution in [0.3, 0.4) is 0 Å². The Balaban J connectivity index is 2.86. The summed E-state index contributed by atoms with van der Waals surface area (Å²) in [4.78, 5) is 49.4. The molecule has 10 nitrogen and oxygen atoms in total. The summed E-state index contributed by atoms with van der Waals surface area (Å²) in [6.45, 7) is 3.47. The van der Waals surface area contributed by atoms with Crippen molar-refractivity contribution >= 4 is 29.2 Å². The number of anilines is 1. The van der Waals surface area contributed by atoms with Gasteiger partial charge in [0.1, 0.15) is 0 Å². The first-order chi connectivity index (χ1) is 12.7. The zero-order valence-electron chi connectivity index (χ0n) is 15.9. The molecule has 1 aromatic rings. The van der Waals surface area contributed by atoms with Gasteiger partial charge in [-0.05, 0) is 19.9 Å². The third-order valence-corrected chi connectivity index (χ3v) is 3.66. The highest BCUT2D eigenvalue weighted by Gasteiger charge is 2.22. The van der Waals surface area contributed by atoms with Crippen molar-refractivity contribution in [3.8, 4) is 0 Å². The molecule has 0 spiro atoms. The van der Waals surface area contributed by atoms with Crippen molar-refractivity contribution in [2.45, 2.75) is 13.8 Å². The van der Waals surface area contributed by atoms with Crippen LogP contribution in [0.2, 0.25) is 0 Å².